The summed E-state index contributed by atoms with van der Waals surface area (Å²) in [6.07, 6.45) is 1.09. The zero-order chi connectivity index (χ0) is 21.2. The predicted molar refractivity (Wildman–Crippen MR) is 117 cm³/mol. The molecule has 2 aromatic rings. The van der Waals surface area contributed by atoms with Gasteiger partial charge in [-0.25, -0.2) is 0 Å². The summed E-state index contributed by atoms with van der Waals surface area (Å²) in [4.78, 5) is 15.0. The molecule has 3 rings (SSSR count). The number of methoxy groups -OCH3 is 1. The number of hydrogen-bond donors (Lipinski definition) is 1. The van der Waals surface area contributed by atoms with Crippen LogP contribution in [0.25, 0.3) is 0 Å². The Bertz CT molecular complexity index is 788. The molecule has 162 valence electrons. The van der Waals surface area contributed by atoms with Gasteiger partial charge >= 0.3 is 0 Å². The molecule has 0 saturated carbocycles. The van der Waals surface area contributed by atoms with Crippen molar-refractivity contribution in [3.8, 4) is 11.5 Å². The topological polar surface area (TPSA) is 60.0 Å². The highest BCUT2D eigenvalue weighted by Gasteiger charge is 2.23. The fraction of sp³-hybridized carbons (Fsp3) is 0.458. The van der Waals surface area contributed by atoms with E-state index in [-0.39, 0.29) is 11.9 Å². The van der Waals surface area contributed by atoms with Gasteiger partial charge in [-0.2, -0.15) is 0 Å². The zero-order valence-electron chi connectivity index (χ0n) is 17.9. The highest BCUT2D eigenvalue weighted by Crippen LogP contribution is 2.24. The molecule has 6 heteroatoms. The lowest BCUT2D eigenvalue weighted by atomic mass is 10.0. The maximum atomic E-state index is 12.6. The molecule has 1 N–H and O–H groups in total. The highest BCUT2D eigenvalue weighted by atomic mass is 16.5. The van der Waals surface area contributed by atoms with Gasteiger partial charge in [-0.1, -0.05) is 30.3 Å². The average molecular weight is 413 g/mol. The van der Waals surface area contributed by atoms with E-state index >= 15 is 0 Å². The van der Waals surface area contributed by atoms with Crippen LogP contribution in [0.3, 0.4) is 0 Å². The molecule has 0 aliphatic carbocycles. The second kappa shape index (κ2) is 11.6. The van der Waals surface area contributed by atoms with E-state index in [1.807, 2.05) is 43.3 Å². The molecular weight excluding hydrogens is 380 g/mol. The average Bonchev–Trinajstić information content (AvgIpc) is 2.80. The first-order valence-corrected chi connectivity index (χ1v) is 10.6. The molecule has 1 aliphatic heterocycles. The summed E-state index contributed by atoms with van der Waals surface area (Å²) in [6.45, 7) is 6.30. The lowest BCUT2D eigenvalue weighted by Crippen LogP contribution is -2.43. The van der Waals surface area contributed by atoms with Crippen LogP contribution in [0.5, 0.6) is 11.5 Å². The molecule has 0 bridgehead atoms. The number of carbonyl (C=O) groups excluding carboxylic acids is 1. The van der Waals surface area contributed by atoms with Gasteiger partial charge in [0.05, 0.1) is 33.0 Å². The van der Waals surface area contributed by atoms with E-state index in [0.29, 0.717) is 26.0 Å². The first kappa shape index (κ1) is 22.1. The van der Waals surface area contributed by atoms with Crippen LogP contribution in [-0.4, -0.2) is 57.4 Å². The van der Waals surface area contributed by atoms with Crippen LogP contribution in [0, 0.1) is 0 Å². The minimum absolute atomic E-state index is 0.0491. The van der Waals surface area contributed by atoms with E-state index in [4.69, 9.17) is 14.2 Å². The van der Waals surface area contributed by atoms with Gasteiger partial charge in [0.2, 0.25) is 5.91 Å². The SMILES string of the molecule is CCOc1ccccc1CCC(=O)NCC(c1ccc(OC)cc1)N1CCOCC1. The summed E-state index contributed by atoms with van der Waals surface area (Å²) in [5.41, 5.74) is 2.23. The minimum Gasteiger partial charge on any atom is -0.497 e. The molecule has 2 aromatic carbocycles. The highest BCUT2D eigenvalue weighted by molar-refractivity contribution is 5.76. The Morgan fingerprint density at radius 1 is 1.13 bits per heavy atom. The van der Waals surface area contributed by atoms with Crippen molar-refractivity contribution in [2.24, 2.45) is 0 Å². The molecule has 1 saturated heterocycles. The van der Waals surface area contributed by atoms with Gasteiger partial charge < -0.3 is 19.5 Å². The second-order valence-electron chi connectivity index (χ2n) is 7.28. The Balaban J connectivity index is 1.59. The third-order valence-corrected chi connectivity index (χ3v) is 5.37. The summed E-state index contributed by atoms with van der Waals surface area (Å²) >= 11 is 0. The molecular formula is C24H32N2O4. The predicted octanol–water partition coefficient (Wildman–Crippen LogP) is 3.22. The molecule has 1 fully saturated rings. The Hall–Kier alpha value is -2.57. The Labute approximate surface area is 179 Å². The third kappa shape index (κ3) is 6.21. The van der Waals surface area contributed by atoms with Crippen molar-refractivity contribution in [2.45, 2.75) is 25.8 Å². The number of nitrogens with zero attached hydrogens (tertiary/aromatic N) is 1. The Morgan fingerprint density at radius 3 is 2.57 bits per heavy atom. The van der Waals surface area contributed by atoms with Crippen molar-refractivity contribution in [1.29, 1.82) is 0 Å². The van der Waals surface area contributed by atoms with Gasteiger partial charge in [0.15, 0.2) is 0 Å². The summed E-state index contributed by atoms with van der Waals surface area (Å²) in [6, 6.07) is 16.1. The normalized spacial score (nSPS) is 15.4. The molecule has 0 spiro atoms. The Kier molecular flexibility index (Phi) is 8.53. The molecule has 0 radical (unpaired) electrons. The van der Waals surface area contributed by atoms with Crippen molar-refractivity contribution in [1.82, 2.24) is 10.2 Å². The maximum Gasteiger partial charge on any atom is 0.220 e. The smallest absolute Gasteiger partial charge is 0.220 e. The lowest BCUT2D eigenvalue weighted by molar-refractivity contribution is -0.121. The minimum atomic E-state index is 0.0491. The van der Waals surface area contributed by atoms with Gasteiger partial charge in [0.25, 0.3) is 0 Å². The monoisotopic (exact) mass is 412 g/mol. The largest absolute Gasteiger partial charge is 0.497 e. The van der Waals surface area contributed by atoms with E-state index in [0.717, 1.165) is 43.4 Å². The van der Waals surface area contributed by atoms with Crippen LogP contribution < -0.4 is 14.8 Å². The van der Waals surface area contributed by atoms with Crippen molar-refractivity contribution < 1.29 is 19.0 Å². The summed E-state index contributed by atoms with van der Waals surface area (Å²) in [7, 11) is 1.67. The maximum absolute atomic E-state index is 12.6. The third-order valence-electron chi connectivity index (χ3n) is 5.37. The van der Waals surface area contributed by atoms with E-state index < -0.39 is 0 Å². The fourth-order valence-corrected chi connectivity index (χ4v) is 3.73. The number of para-hydroxylation sites is 1. The number of benzene rings is 2. The van der Waals surface area contributed by atoms with E-state index in [1.165, 1.54) is 5.56 Å². The molecule has 1 aliphatic rings. The van der Waals surface area contributed by atoms with E-state index in [2.05, 4.69) is 22.3 Å². The molecule has 1 atom stereocenters. The number of morpholine rings is 1. The van der Waals surface area contributed by atoms with Gasteiger partial charge in [-0.3, -0.25) is 9.69 Å². The first-order valence-electron chi connectivity index (χ1n) is 10.6. The van der Waals surface area contributed by atoms with E-state index in [1.54, 1.807) is 7.11 Å². The zero-order valence-corrected chi connectivity index (χ0v) is 17.9. The molecule has 6 nitrogen and oxygen atoms in total. The number of nitrogens with one attached hydrogen (secondary N) is 1. The summed E-state index contributed by atoms with van der Waals surface area (Å²) in [5.74, 6) is 1.74. The van der Waals surface area contributed by atoms with Gasteiger partial charge in [0, 0.05) is 26.1 Å². The molecule has 1 unspecified atom stereocenters. The van der Waals surface area contributed by atoms with Gasteiger partial charge in [-0.15, -0.1) is 0 Å². The molecule has 30 heavy (non-hydrogen) atoms. The number of aryl methyl sites for hydroxylation is 1. The van der Waals surface area contributed by atoms with Crippen molar-refractivity contribution in [3.05, 3.63) is 59.7 Å². The quantitative estimate of drug-likeness (QED) is 0.649. The summed E-state index contributed by atoms with van der Waals surface area (Å²) in [5, 5.41) is 3.14. The van der Waals surface area contributed by atoms with Crippen LogP contribution in [-0.2, 0) is 16.0 Å². The number of hydrogen-bond acceptors (Lipinski definition) is 5. The van der Waals surface area contributed by atoms with Crippen molar-refractivity contribution in [3.63, 3.8) is 0 Å². The van der Waals surface area contributed by atoms with Crippen LogP contribution in [0.1, 0.15) is 30.5 Å². The number of carbonyl (C=O) groups is 1. The number of ether oxygens (including phenoxy) is 3. The first-order chi connectivity index (χ1) is 14.7. The van der Waals surface area contributed by atoms with Crippen LogP contribution in [0.4, 0.5) is 0 Å². The van der Waals surface area contributed by atoms with Crippen LogP contribution in [0.15, 0.2) is 48.5 Å². The van der Waals surface area contributed by atoms with Crippen molar-refractivity contribution in [2.75, 3.05) is 46.6 Å². The molecule has 0 aromatic heterocycles. The standard InChI is InChI=1S/C24H32N2O4/c1-3-30-23-7-5-4-6-20(23)10-13-24(27)25-18-22(26-14-16-29-17-15-26)19-8-11-21(28-2)12-9-19/h4-9,11-12,22H,3,10,13-18H2,1-2H3,(H,25,27). The van der Waals surface area contributed by atoms with Crippen molar-refractivity contribution >= 4 is 5.91 Å². The number of amides is 1. The van der Waals surface area contributed by atoms with E-state index in [9.17, 15) is 4.79 Å². The second-order valence-corrected chi connectivity index (χ2v) is 7.28. The van der Waals surface area contributed by atoms with Gasteiger partial charge in [-0.05, 0) is 42.7 Å². The number of rotatable bonds is 10. The molecule has 1 heterocycles. The molecule has 1 amide bonds. The fourth-order valence-electron chi connectivity index (χ4n) is 3.73. The lowest BCUT2D eigenvalue weighted by Gasteiger charge is -2.35. The van der Waals surface area contributed by atoms with Gasteiger partial charge in [0.1, 0.15) is 11.5 Å². The Morgan fingerprint density at radius 2 is 1.87 bits per heavy atom. The van der Waals surface area contributed by atoms with Crippen LogP contribution in [0.2, 0.25) is 0 Å². The summed E-state index contributed by atoms with van der Waals surface area (Å²) < 4.78 is 16.4. The van der Waals surface area contributed by atoms with Crippen LogP contribution >= 0.6 is 0 Å².